The molecule has 0 aromatic heterocycles. The van der Waals surface area contributed by atoms with E-state index in [4.69, 9.17) is 5.11 Å². The Kier molecular flexibility index (Phi) is 11.2. The molecule has 0 radical (unpaired) electrons. The van der Waals surface area contributed by atoms with E-state index in [1.54, 1.807) is 0 Å². The number of halogens is 17. The molecule has 0 aromatic carbocycles. The summed E-state index contributed by atoms with van der Waals surface area (Å²) in [4.78, 5) is 0. The molecule has 0 aliphatic carbocycles. The zero-order valence-electron chi connectivity index (χ0n) is 18.0. The summed E-state index contributed by atoms with van der Waals surface area (Å²) in [7, 11) is -5.45. The predicted octanol–water partition coefficient (Wildman–Crippen LogP) is 5.80. The highest BCUT2D eigenvalue weighted by Crippen LogP contribution is 2.63. The molecule has 0 fully saturated rings. The summed E-state index contributed by atoms with van der Waals surface area (Å²) in [5, 5.41) is 7.00. The van der Waals surface area contributed by atoms with Crippen molar-refractivity contribution in [1.29, 1.82) is 0 Å². The lowest BCUT2D eigenvalue weighted by Gasteiger charge is -2.44. The molecule has 0 saturated carbocycles. The zero-order valence-corrected chi connectivity index (χ0v) is 19.0. The lowest BCUT2D eigenvalue weighted by atomic mass is 9.90. The normalized spacial score (nSPS) is 15.5. The van der Waals surface area contributed by atoms with Crippen LogP contribution in [0.2, 0.25) is 0 Å². The zero-order chi connectivity index (χ0) is 30.0. The summed E-state index contributed by atoms with van der Waals surface area (Å²) < 4.78 is 239. The third-order valence-corrected chi connectivity index (χ3v) is 7.04. The molecule has 36 heavy (non-hydrogen) atoms. The van der Waals surface area contributed by atoms with Gasteiger partial charge in [-0.2, -0.15) is 74.6 Å². The maximum absolute atomic E-state index is 14.1. The number of aliphatic hydroxyl groups excluding tert-OH is 1. The largest absolute Gasteiger partial charge is 0.581 e. The van der Waals surface area contributed by atoms with Gasteiger partial charge in [0, 0.05) is 41.3 Å². The van der Waals surface area contributed by atoms with Crippen molar-refractivity contribution in [3.05, 3.63) is 0 Å². The lowest BCUT2D eigenvalue weighted by molar-refractivity contribution is -0.438. The first-order valence-corrected chi connectivity index (χ1v) is 10.2. The van der Waals surface area contributed by atoms with E-state index in [1.807, 2.05) is 0 Å². The number of rotatable bonds is 12. The second-order valence-electron chi connectivity index (χ2n) is 6.43. The summed E-state index contributed by atoms with van der Waals surface area (Å²) in [5.41, 5.74) is -6.80. The van der Waals surface area contributed by atoms with Gasteiger partial charge >= 0.3 is 56.1 Å². The van der Waals surface area contributed by atoms with Crippen molar-refractivity contribution in [2.45, 2.75) is 60.1 Å². The van der Waals surface area contributed by atoms with E-state index in [9.17, 15) is 74.6 Å². The van der Waals surface area contributed by atoms with Crippen molar-refractivity contribution in [2.75, 3.05) is 28.4 Å². The summed E-state index contributed by atoms with van der Waals surface area (Å²) >= 11 is 0. The van der Waals surface area contributed by atoms with E-state index in [2.05, 4.69) is 13.3 Å². The molecule has 0 aliphatic heterocycles. The van der Waals surface area contributed by atoms with Crippen LogP contribution in [0.4, 0.5) is 74.6 Å². The topological polar surface area (TPSA) is 47.9 Å². The fourth-order valence-electron chi connectivity index (χ4n) is 2.30. The molecule has 0 spiro atoms. The van der Waals surface area contributed by atoms with Gasteiger partial charge in [-0.05, 0) is 0 Å². The maximum atomic E-state index is 14.1. The number of hydrogen-bond donors (Lipinski definition) is 1. The minimum atomic E-state index is -8.44. The first kappa shape index (κ1) is 37.0. The van der Waals surface area contributed by atoms with Gasteiger partial charge in [0.1, 0.15) is 0 Å². The van der Waals surface area contributed by atoms with Crippen molar-refractivity contribution in [3.8, 4) is 0 Å². The highest BCUT2D eigenvalue weighted by Gasteiger charge is 2.95. The lowest BCUT2D eigenvalue weighted by Crippen LogP contribution is -2.77. The molecule has 0 amide bonds. The Hall–Kier alpha value is -1.13. The van der Waals surface area contributed by atoms with E-state index < -0.39 is 68.9 Å². The average Bonchev–Trinajstić information content (AvgIpc) is 2.74. The van der Waals surface area contributed by atoms with Crippen LogP contribution in [0, 0.1) is 0 Å². The molecule has 0 rings (SSSR count). The van der Waals surface area contributed by atoms with Gasteiger partial charge < -0.3 is 18.4 Å². The van der Waals surface area contributed by atoms with Crippen LogP contribution < -0.4 is 0 Å². The second kappa shape index (κ2) is 10.9. The van der Waals surface area contributed by atoms with Gasteiger partial charge in [0.05, 0.1) is 0 Å². The van der Waals surface area contributed by atoms with Crippen LogP contribution >= 0.6 is 0 Å². The standard InChI is InChI=1S/C13H13F17O3Si.CH4O/c1-31-34(32-2,33-3)13(29,30)12(27,28)11(25,26)10(23,24)9(21,22)8(19,20)6(14,15)4-5-7(16,17)18;1-2/h4-5H2,1-3H3;2H,1H3. The Labute approximate surface area is 191 Å². The highest BCUT2D eigenvalue weighted by molar-refractivity contribution is 6.63. The number of hydrogen-bond acceptors (Lipinski definition) is 4. The van der Waals surface area contributed by atoms with Gasteiger partial charge in [-0.3, -0.25) is 0 Å². The van der Waals surface area contributed by atoms with E-state index in [-0.39, 0.29) is 21.3 Å². The van der Waals surface area contributed by atoms with Gasteiger partial charge in [-0.1, -0.05) is 0 Å². The Balaban J connectivity index is 0. The molecule has 0 aliphatic rings. The van der Waals surface area contributed by atoms with Crippen molar-refractivity contribution >= 4 is 8.80 Å². The molecule has 0 aromatic rings. The molecule has 22 heteroatoms. The van der Waals surface area contributed by atoms with Crippen LogP contribution in [0.5, 0.6) is 0 Å². The van der Waals surface area contributed by atoms with E-state index in [1.165, 1.54) is 0 Å². The molecule has 0 heterocycles. The monoisotopic (exact) mass is 600 g/mol. The van der Waals surface area contributed by atoms with Crippen LogP contribution in [0.15, 0.2) is 0 Å². The minimum absolute atomic E-state index is 0.0312. The smallest absolute Gasteiger partial charge is 0.400 e. The first-order valence-electron chi connectivity index (χ1n) is 8.45. The minimum Gasteiger partial charge on any atom is -0.400 e. The molecule has 0 unspecified atom stereocenters. The molecule has 0 atom stereocenters. The fourth-order valence-corrected chi connectivity index (χ4v) is 4.11. The quantitative estimate of drug-likeness (QED) is 0.227. The number of alkyl halides is 17. The second-order valence-corrected chi connectivity index (χ2v) is 9.40. The van der Waals surface area contributed by atoms with Crippen LogP contribution in [-0.4, -0.2) is 89.6 Å². The van der Waals surface area contributed by atoms with Crippen LogP contribution in [0.3, 0.4) is 0 Å². The maximum Gasteiger partial charge on any atom is 0.581 e. The van der Waals surface area contributed by atoms with E-state index in [0.29, 0.717) is 0 Å². The summed E-state index contributed by atoms with van der Waals surface area (Å²) in [6, 6.07) is 0. The molecule has 1 N–H and O–H groups in total. The van der Waals surface area contributed by atoms with Crippen LogP contribution in [0.1, 0.15) is 12.8 Å². The summed E-state index contributed by atoms with van der Waals surface area (Å²) in [6.07, 6.45) is -12.2. The summed E-state index contributed by atoms with van der Waals surface area (Å²) in [6.45, 7) is 0. The molecule has 0 bridgehead atoms. The number of aliphatic hydroxyl groups is 1. The highest BCUT2D eigenvalue weighted by atomic mass is 28.4. The van der Waals surface area contributed by atoms with Gasteiger partial charge in [0.15, 0.2) is 0 Å². The van der Waals surface area contributed by atoms with Crippen molar-refractivity contribution in [3.63, 3.8) is 0 Å². The molecular weight excluding hydrogens is 583 g/mol. The Bertz CT molecular complexity index is 698. The fraction of sp³-hybridized carbons (Fsp3) is 1.00. The molecule has 0 saturated heterocycles. The predicted molar refractivity (Wildman–Crippen MR) is 84.8 cm³/mol. The van der Waals surface area contributed by atoms with Gasteiger partial charge in [0.2, 0.25) is 0 Å². The Morgan fingerprint density at radius 1 is 0.472 bits per heavy atom. The summed E-state index contributed by atoms with van der Waals surface area (Å²) in [5.74, 6) is -47.6. The van der Waals surface area contributed by atoms with Gasteiger partial charge in [-0.15, -0.1) is 0 Å². The van der Waals surface area contributed by atoms with E-state index >= 15 is 0 Å². The van der Waals surface area contributed by atoms with Crippen LogP contribution in [0.25, 0.3) is 0 Å². The molecule has 220 valence electrons. The third kappa shape index (κ3) is 5.50. The molecular formula is C14H17F17O4Si. The third-order valence-electron chi connectivity index (χ3n) is 4.34. The first-order chi connectivity index (χ1) is 15.6. The SMILES string of the molecule is CO.CO[Si](OC)(OC)C(F)(F)C(F)(F)C(F)(F)C(F)(F)C(F)(F)C(F)(F)C(F)(F)CCC(F)(F)F. The van der Waals surface area contributed by atoms with Gasteiger partial charge in [-0.25, -0.2) is 0 Å². The van der Waals surface area contributed by atoms with Crippen LogP contribution in [-0.2, 0) is 13.3 Å². The Morgan fingerprint density at radius 2 is 0.750 bits per heavy atom. The van der Waals surface area contributed by atoms with E-state index in [0.717, 1.165) is 7.11 Å². The average molecular weight is 600 g/mol. The molecule has 4 nitrogen and oxygen atoms in total. The van der Waals surface area contributed by atoms with Crippen molar-refractivity contribution in [2.24, 2.45) is 0 Å². The van der Waals surface area contributed by atoms with Crippen molar-refractivity contribution < 1.29 is 93.0 Å². The van der Waals surface area contributed by atoms with Crippen molar-refractivity contribution in [1.82, 2.24) is 0 Å². The van der Waals surface area contributed by atoms with Gasteiger partial charge in [0.25, 0.3) is 0 Å². The Morgan fingerprint density at radius 3 is 1.03 bits per heavy atom.